The Hall–Kier alpha value is -1.49. The largest absolute Gasteiger partial charge is 0.397 e. The Kier molecular flexibility index (Phi) is 2.87. The van der Waals surface area contributed by atoms with Gasteiger partial charge in [-0.15, -0.1) is 0 Å². The molecule has 2 N–H and O–H groups in total. The zero-order valence-corrected chi connectivity index (χ0v) is 9.63. The van der Waals surface area contributed by atoms with Crippen molar-refractivity contribution in [2.75, 3.05) is 5.73 Å². The van der Waals surface area contributed by atoms with Crippen molar-refractivity contribution in [3.8, 4) is 11.1 Å². The Morgan fingerprint density at radius 1 is 1.19 bits per heavy atom. The number of anilines is 1. The van der Waals surface area contributed by atoms with E-state index >= 15 is 0 Å². The second-order valence-corrected chi connectivity index (χ2v) is 4.07. The van der Waals surface area contributed by atoms with Crippen LogP contribution < -0.4 is 5.73 Å². The van der Waals surface area contributed by atoms with Crippen LogP contribution in [-0.4, -0.2) is 4.98 Å². The van der Waals surface area contributed by atoms with Gasteiger partial charge in [0.2, 0.25) is 5.95 Å². The van der Waals surface area contributed by atoms with Crippen molar-refractivity contribution in [1.29, 1.82) is 0 Å². The standard InChI is InChI=1S/C11H7BrF2N2/c12-9-5-7(13)4-8(11(9)15)6-1-2-16-10(14)3-6/h1-5H,15H2. The molecule has 16 heavy (non-hydrogen) atoms. The van der Waals surface area contributed by atoms with Crippen LogP contribution in [0.4, 0.5) is 14.5 Å². The normalized spacial score (nSPS) is 10.4. The van der Waals surface area contributed by atoms with E-state index < -0.39 is 11.8 Å². The van der Waals surface area contributed by atoms with Gasteiger partial charge in [0.15, 0.2) is 0 Å². The fourth-order valence-corrected chi connectivity index (χ4v) is 1.83. The molecule has 2 rings (SSSR count). The van der Waals surface area contributed by atoms with Gasteiger partial charge in [0.25, 0.3) is 0 Å². The Bertz CT molecular complexity index is 544. The van der Waals surface area contributed by atoms with Gasteiger partial charge in [-0.1, -0.05) is 0 Å². The zero-order chi connectivity index (χ0) is 11.7. The molecule has 1 aromatic carbocycles. The van der Waals surface area contributed by atoms with Crippen LogP contribution in [0.2, 0.25) is 0 Å². The second kappa shape index (κ2) is 4.17. The number of pyridine rings is 1. The molecule has 2 nitrogen and oxygen atoms in total. The highest BCUT2D eigenvalue weighted by Gasteiger charge is 2.09. The van der Waals surface area contributed by atoms with E-state index in [1.165, 1.54) is 24.4 Å². The molecule has 5 heteroatoms. The van der Waals surface area contributed by atoms with Gasteiger partial charge < -0.3 is 5.73 Å². The maximum atomic E-state index is 13.2. The summed E-state index contributed by atoms with van der Waals surface area (Å²) in [5, 5.41) is 0. The first kappa shape index (κ1) is 11.0. The number of aromatic nitrogens is 1. The monoisotopic (exact) mass is 284 g/mol. The summed E-state index contributed by atoms with van der Waals surface area (Å²) in [5.74, 6) is -1.06. The van der Waals surface area contributed by atoms with Crippen LogP contribution in [0, 0.1) is 11.8 Å². The highest BCUT2D eigenvalue weighted by Crippen LogP contribution is 2.32. The predicted octanol–water partition coefficient (Wildman–Crippen LogP) is 3.37. The lowest BCUT2D eigenvalue weighted by Gasteiger charge is -2.07. The highest BCUT2D eigenvalue weighted by molar-refractivity contribution is 9.10. The molecule has 0 saturated carbocycles. The number of nitrogen functional groups attached to an aromatic ring is 1. The van der Waals surface area contributed by atoms with Crippen molar-refractivity contribution in [3.63, 3.8) is 0 Å². The van der Waals surface area contributed by atoms with Crippen LogP contribution in [0.1, 0.15) is 0 Å². The Morgan fingerprint density at radius 2 is 1.94 bits per heavy atom. The van der Waals surface area contributed by atoms with E-state index in [0.29, 0.717) is 21.3 Å². The Morgan fingerprint density at radius 3 is 2.62 bits per heavy atom. The number of halogens is 3. The van der Waals surface area contributed by atoms with Gasteiger partial charge in [-0.2, -0.15) is 4.39 Å². The van der Waals surface area contributed by atoms with Crippen molar-refractivity contribution in [2.45, 2.75) is 0 Å². The second-order valence-electron chi connectivity index (χ2n) is 3.22. The number of benzene rings is 1. The minimum absolute atomic E-state index is 0.368. The maximum Gasteiger partial charge on any atom is 0.213 e. The number of hydrogen-bond acceptors (Lipinski definition) is 2. The van der Waals surface area contributed by atoms with E-state index in [9.17, 15) is 8.78 Å². The fourth-order valence-electron chi connectivity index (χ4n) is 1.39. The molecule has 0 aliphatic rings. The summed E-state index contributed by atoms with van der Waals surface area (Å²) in [6.45, 7) is 0. The van der Waals surface area contributed by atoms with Crippen molar-refractivity contribution < 1.29 is 8.78 Å². The van der Waals surface area contributed by atoms with Crippen LogP contribution >= 0.6 is 15.9 Å². The summed E-state index contributed by atoms with van der Waals surface area (Å²) in [6, 6.07) is 5.30. The third kappa shape index (κ3) is 2.04. The first-order chi connectivity index (χ1) is 7.58. The molecule has 0 bridgehead atoms. The molecule has 1 heterocycles. The van der Waals surface area contributed by atoms with Crippen LogP contribution in [0.3, 0.4) is 0 Å². The molecule has 0 fully saturated rings. The van der Waals surface area contributed by atoms with Gasteiger partial charge in [-0.3, -0.25) is 0 Å². The third-order valence-corrected chi connectivity index (χ3v) is 2.79. The smallest absolute Gasteiger partial charge is 0.213 e. The lowest BCUT2D eigenvalue weighted by molar-refractivity contribution is 0.584. The first-order valence-corrected chi connectivity index (χ1v) is 5.23. The SMILES string of the molecule is Nc1c(Br)cc(F)cc1-c1ccnc(F)c1. The zero-order valence-electron chi connectivity index (χ0n) is 8.05. The van der Waals surface area contributed by atoms with E-state index in [2.05, 4.69) is 20.9 Å². The number of rotatable bonds is 1. The van der Waals surface area contributed by atoms with E-state index in [1.807, 2.05) is 0 Å². The molecular formula is C11H7BrF2N2. The van der Waals surface area contributed by atoms with E-state index in [1.54, 1.807) is 6.07 Å². The van der Waals surface area contributed by atoms with E-state index in [-0.39, 0.29) is 0 Å². The molecule has 2 aromatic rings. The third-order valence-electron chi connectivity index (χ3n) is 2.13. The molecule has 0 radical (unpaired) electrons. The lowest BCUT2D eigenvalue weighted by atomic mass is 10.1. The van der Waals surface area contributed by atoms with Crippen molar-refractivity contribution in [2.24, 2.45) is 0 Å². The molecule has 0 atom stereocenters. The molecule has 0 aliphatic carbocycles. The van der Waals surface area contributed by atoms with E-state index in [0.717, 1.165) is 0 Å². The van der Waals surface area contributed by atoms with E-state index in [4.69, 9.17) is 5.73 Å². The lowest BCUT2D eigenvalue weighted by Crippen LogP contribution is -1.94. The molecule has 0 unspecified atom stereocenters. The van der Waals surface area contributed by atoms with Crippen molar-refractivity contribution >= 4 is 21.6 Å². The van der Waals surface area contributed by atoms with Gasteiger partial charge in [0, 0.05) is 22.3 Å². The van der Waals surface area contributed by atoms with Gasteiger partial charge in [0.05, 0.1) is 5.69 Å². The Balaban J connectivity index is 2.64. The van der Waals surface area contributed by atoms with Gasteiger partial charge in [-0.05, 0) is 39.7 Å². The average molecular weight is 285 g/mol. The molecule has 1 aromatic heterocycles. The molecular weight excluding hydrogens is 278 g/mol. The quantitative estimate of drug-likeness (QED) is 0.644. The minimum Gasteiger partial charge on any atom is -0.397 e. The van der Waals surface area contributed by atoms with Crippen molar-refractivity contribution in [3.05, 3.63) is 46.7 Å². The van der Waals surface area contributed by atoms with Crippen LogP contribution in [-0.2, 0) is 0 Å². The number of nitrogens with two attached hydrogens (primary N) is 1. The van der Waals surface area contributed by atoms with Crippen LogP contribution in [0.15, 0.2) is 34.9 Å². The topological polar surface area (TPSA) is 38.9 Å². The Labute approximate surface area is 99.2 Å². The molecule has 0 saturated heterocycles. The molecule has 82 valence electrons. The van der Waals surface area contributed by atoms with Gasteiger partial charge in [0.1, 0.15) is 5.82 Å². The summed E-state index contributed by atoms with van der Waals surface area (Å²) in [4.78, 5) is 3.43. The summed E-state index contributed by atoms with van der Waals surface area (Å²) in [6.07, 6.45) is 1.31. The highest BCUT2D eigenvalue weighted by atomic mass is 79.9. The molecule has 0 amide bonds. The van der Waals surface area contributed by atoms with Crippen LogP contribution in [0.25, 0.3) is 11.1 Å². The summed E-state index contributed by atoms with van der Waals surface area (Å²) in [5.41, 5.74) is 7.07. The minimum atomic E-state index is -0.628. The predicted molar refractivity (Wildman–Crippen MR) is 61.7 cm³/mol. The summed E-state index contributed by atoms with van der Waals surface area (Å²) >= 11 is 3.14. The summed E-state index contributed by atoms with van der Waals surface area (Å²) in [7, 11) is 0. The van der Waals surface area contributed by atoms with Gasteiger partial charge in [-0.25, -0.2) is 9.37 Å². The van der Waals surface area contributed by atoms with Gasteiger partial charge >= 0.3 is 0 Å². The fraction of sp³-hybridized carbons (Fsp3) is 0. The average Bonchev–Trinajstić information content (AvgIpc) is 2.23. The molecule has 0 spiro atoms. The summed E-state index contributed by atoms with van der Waals surface area (Å²) < 4.78 is 26.6. The van der Waals surface area contributed by atoms with Crippen LogP contribution in [0.5, 0.6) is 0 Å². The van der Waals surface area contributed by atoms with Crippen molar-refractivity contribution in [1.82, 2.24) is 4.98 Å². The number of hydrogen-bond donors (Lipinski definition) is 1. The molecule has 0 aliphatic heterocycles. The maximum absolute atomic E-state index is 13.2. The first-order valence-electron chi connectivity index (χ1n) is 4.44. The number of nitrogens with zero attached hydrogens (tertiary/aromatic N) is 1.